The summed E-state index contributed by atoms with van der Waals surface area (Å²) in [5.74, 6) is 0.713. The molecule has 4 heteroatoms. The van der Waals surface area contributed by atoms with Gasteiger partial charge in [-0.15, -0.1) is 0 Å². The Kier molecular flexibility index (Phi) is 3.57. The van der Waals surface area contributed by atoms with Gasteiger partial charge in [0, 0.05) is 10.0 Å². The maximum absolute atomic E-state index is 4.84. The van der Waals surface area contributed by atoms with E-state index in [1.807, 2.05) is 36.4 Å². The molecule has 0 atom stereocenters. The Morgan fingerprint density at radius 3 is 2.23 bits per heavy atom. The minimum atomic E-state index is 0.713. The molecule has 2 aromatic heterocycles. The number of hydrogen-bond donors (Lipinski definition) is 0. The maximum atomic E-state index is 4.84. The number of para-hydroxylation sites is 2. The molecule has 0 unspecified atom stereocenters. The molecule has 3 nitrogen and oxygen atoms in total. The van der Waals surface area contributed by atoms with E-state index in [9.17, 15) is 0 Å². The van der Waals surface area contributed by atoms with Gasteiger partial charge in [-0.1, -0.05) is 70.5 Å². The first kappa shape index (κ1) is 15.3. The molecule has 26 heavy (non-hydrogen) atoms. The average molecular weight is 400 g/mol. The lowest BCUT2D eigenvalue weighted by Gasteiger charge is -2.10. The smallest absolute Gasteiger partial charge is 0.235 e. The van der Waals surface area contributed by atoms with Gasteiger partial charge < -0.3 is 0 Å². The predicted molar refractivity (Wildman–Crippen MR) is 109 cm³/mol. The fourth-order valence-electron chi connectivity index (χ4n) is 3.25. The molecule has 5 aromatic rings. The zero-order chi connectivity index (χ0) is 17.5. The summed E-state index contributed by atoms with van der Waals surface area (Å²) in [6.07, 6.45) is 0. The normalized spacial score (nSPS) is 11.3. The molecule has 0 aliphatic carbocycles. The van der Waals surface area contributed by atoms with Gasteiger partial charge in [-0.05, 0) is 35.9 Å². The number of fused-ring (bicyclic) bond motifs is 3. The average Bonchev–Trinajstić information content (AvgIpc) is 3.07. The zero-order valence-corrected chi connectivity index (χ0v) is 15.4. The lowest BCUT2D eigenvalue weighted by molar-refractivity contribution is 1.14. The molecule has 0 spiro atoms. The maximum Gasteiger partial charge on any atom is 0.235 e. The molecule has 0 aliphatic heterocycles. The molecule has 0 radical (unpaired) electrons. The van der Waals surface area contributed by atoms with Crippen LogP contribution in [0, 0.1) is 0 Å². The van der Waals surface area contributed by atoms with E-state index in [0.29, 0.717) is 5.78 Å². The topological polar surface area (TPSA) is 30.2 Å². The van der Waals surface area contributed by atoms with Gasteiger partial charge in [0.15, 0.2) is 0 Å². The van der Waals surface area contributed by atoms with Crippen molar-refractivity contribution < 1.29 is 0 Å². The second-order valence-corrected chi connectivity index (χ2v) is 7.05. The van der Waals surface area contributed by atoms with Gasteiger partial charge in [0.2, 0.25) is 5.78 Å². The number of benzene rings is 3. The van der Waals surface area contributed by atoms with Crippen LogP contribution in [0.25, 0.3) is 39.3 Å². The van der Waals surface area contributed by atoms with Crippen LogP contribution in [0.4, 0.5) is 0 Å². The van der Waals surface area contributed by atoms with Crippen molar-refractivity contribution in [2.45, 2.75) is 0 Å². The molecule has 5 rings (SSSR count). The number of nitrogens with zero attached hydrogens (tertiary/aromatic N) is 3. The van der Waals surface area contributed by atoms with E-state index in [1.54, 1.807) is 0 Å². The lowest BCUT2D eigenvalue weighted by Crippen LogP contribution is -1.97. The van der Waals surface area contributed by atoms with E-state index in [2.05, 4.69) is 68.9 Å². The van der Waals surface area contributed by atoms with Crippen LogP contribution in [0.5, 0.6) is 0 Å². The third-order valence-electron chi connectivity index (χ3n) is 4.49. The first-order valence-electron chi connectivity index (χ1n) is 8.39. The summed E-state index contributed by atoms with van der Waals surface area (Å²) in [4.78, 5) is 9.58. The van der Waals surface area contributed by atoms with Gasteiger partial charge in [-0.2, -0.15) is 0 Å². The summed E-state index contributed by atoms with van der Waals surface area (Å²) in [5, 5.41) is 0. The molecule has 2 heterocycles. The fraction of sp³-hybridized carbons (Fsp3) is 0. The molecule has 0 fully saturated rings. The van der Waals surface area contributed by atoms with E-state index in [1.165, 1.54) is 0 Å². The third kappa shape index (κ3) is 2.50. The van der Waals surface area contributed by atoms with Crippen LogP contribution in [-0.2, 0) is 0 Å². The van der Waals surface area contributed by atoms with Gasteiger partial charge in [-0.3, -0.25) is 4.40 Å². The number of hydrogen-bond acceptors (Lipinski definition) is 2. The SMILES string of the molecule is Brc1ccc(-c2cc(-c3ccccc3)n3c(n2)nc2ccccc23)cc1. The quantitative estimate of drug-likeness (QED) is 0.365. The standard InChI is InChI=1S/C22H14BrN3/c23-17-12-10-15(11-13-17)19-14-21(16-6-2-1-3-7-16)26-20-9-5-4-8-18(20)24-22(26)25-19/h1-14H. The van der Waals surface area contributed by atoms with Gasteiger partial charge in [0.1, 0.15) is 0 Å². The van der Waals surface area contributed by atoms with E-state index in [0.717, 1.165) is 38.0 Å². The molecule has 0 aliphatic rings. The Labute approximate surface area is 159 Å². The largest absolute Gasteiger partial charge is 0.276 e. The monoisotopic (exact) mass is 399 g/mol. The van der Waals surface area contributed by atoms with E-state index in [-0.39, 0.29) is 0 Å². The molecule has 0 saturated heterocycles. The highest BCUT2D eigenvalue weighted by Crippen LogP contribution is 2.29. The van der Waals surface area contributed by atoms with Crippen LogP contribution in [0.2, 0.25) is 0 Å². The highest BCUT2D eigenvalue weighted by molar-refractivity contribution is 9.10. The zero-order valence-electron chi connectivity index (χ0n) is 13.8. The molecular formula is C22H14BrN3. The summed E-state index contributed by atoms with van der Waals surface area (Å²) in [5.41, 5.74) is 6.23. The number of halogens is 1. The first-order chi connectivity index (χ1) is 12.8. The van der Waals surface area contributed by atoms with Crippen LogP contribution < -0.4 is 0 Å². The highest BCUT2D eigenvalue weighted by atomic mass is 79.9. The number of rotatable bonds is 2. The van der Waals surface area contributed by atoms with Crippen molar-refractivity contribution >= 4 is 32.7 Å². The second-order valence-electron chi connectivity index (χ2n) is 6.14. The van der Waals surface area contributed by atoms with Crippen LogP contribution >= 0.6 is 15.9 Å². The number of aromatic nitrogens is 3. The molecule has 124 valence electrons. The predicted octanol–water partition coefficient (Wildman–Crippen LogP) is 5.98. The Balaban J connectivity index is 1.87. The van der Waals surface area contributed by atoms with Crippen LogP contribution in [0.3, 0.4) is 0 Å². The fourth-order valence-corrected chi connectivity index (χ4v) is 3.51. The highest BCUT2D eigenvalue weighted by Gasteiger charge is 2.13. The first-order valence-corrected chi connectivity index (χ1v) is 9.18. The van der Waals surface area contributed by atoms with E-state index in [4.69, 9.17) is 9.97 Å². The van der Waals surface area contributed by atoms with Crippen LogP contribution in [-0.4, -0.2) is 14.4 Å². The minimum Gasteiger partial charge on any atom is -0.276 e. The van der Waals surface area contributed by atoms with E-state index < -0.39 is 0 Å². The minimum absolute atomic E-state index is 0.713. The number of imidazole rings is 1. The molecule has 0 bridgehead atoms. The second kappa shape index (κ2) is 6.07. The Hall–Kier alpha value is -2.98. The van der Waals surface area contributed by atoms with Gasteiger partial charge in [0.25, 0.3) is 0 Å². The van der Waals surface area contributed by atoms with Crippen molar-refractivity contribution in [3.8, 4) is 22.5 Å². The summed E-state index contributed by atoms with van der Waals surface area (Å²) < 4.78 is 3.18. The summed E-state index contributed by atoms with van der Waals surface area (Å²) in [6.45, 7) is 0. The lowest BCUT2D eigenvalue weighted by atomic mass is 10.1. The Morgan fingerprint density at radius 2 is 1.42 bits per heavy atom. The molecule has 0 N–H and O–H groups in total. The van der Waals surface area contributed by atoms with Crippen molar-refractivity contribution in [1.82, 2.24) is 14.4 Å². The van der Waals surface area contributed by atoms with E-state index >= 15 is 0 Å². The molecule has 3 aromatic carbocycles. The van der Waals surface area contributed by atoms with Gasteiger partial charge in [0.05, 0.1) is 22.4 Å². The molecule has 0 amide bonds. The van der Waals surface area contributed by atoms with Gasteiger partial charge in [-0.25, -0.2) is 9.97 Å². The molecule has 0 saturated carbocycles. The Bertz CT molecular complexity index is 1230. The van der Waals surface area contributed by atoms with Crippen molar-refractivity contribution in [3.63, 3.8) is 0 Å². The van der Waals surface area contributed by atoms with Crippen molar-refractivity contribution in [1.29, 1.82) is 0 Å². The summed E-state index contributed by atoms with van der Waals surface area (Å²) >= 11 is 3.50. The third-order valence-corrected chi connectivity index (χ3v) is 5.02. The van der Waals surface area contributed by atoms with Crippen molar-refractivity contribution in [2.24, 2.45) is 0 Å². The summed E-state index contributed by atoms with van der Waals surface area (Å²) in [7, 11) is 0. The van der Waals surface area contributed by atoms with Crippen molar-refractivity contribution in [3.05, 3.63) is 89.4 Å². The summed E-state index contributed by atoms with van der Waals surface area (Å²) in [6, 6.07) is 28.9. The van der Waals surface area contributed by atoms with Crippen LogP contribution in [0.1, 0.15) is 0 Å². The van der Waals surface area contributed by atoms with Crippen LogP contribution in [0.15, 0.2) is 89.4 Å². The Morgan fingerprint density at radius 1 is 0.692 bits per heavy atom. The van der Waals surface area contributed by atoms with Gasteiger partial charge >= 0.3 is 0 Å². The van der Waals surface area contributed by atoms with Crippen molar-refractivity contribution in [2.75, 3.05) is 0 Å². The molecular weight excluding hydrogens is 386 g/mol.